The van der Waals surface area contributed by atoms with Crippen LogP contribution in [0.3, 0.4) is 0 Å². The Hall–Kier alpha value is -1.53. The van der Waals surface area contributed by atoms with Crippen molar-refractivity contribution in [1.82, 2.24) is 4.98 Å². The zero-order chi connectivity index (χ0) is 18.5. The molecule has 0 spiro atoms. The summed E-state index contributed by atoms with van der Waals surface area (Å²) in [6.07, 6.45) is 10.0. The standard InChI is InChI=1S/C20H26N2O2S2/c1-13(2)24-20(23)22-15-9-10-16(17(11-15)25-3)18-12-21-19(26-18)14-7-5-4-6-8-14/h9-14H,4-8H2,1-3H3,(H,22,23). The Morgan fingerprint density at radius 1 is 1.31 bits per heavy atom. The lowest BCUT2D eigenvalue weighted by Gasteiger charge is -2.18. The summed E-state index contributed by atoms with van der Waals surface area (Å²) < 4.78 is 5.15. The van der Waals surface area contributed by atoms with Crippen LogP contribution in [0.5, 0.6) is 0 Å². The lowest BCUT2D eigenvalue weighted by molar-refractivity contribution is 0.130. The molecule has 1 fully saturated rings. The summed E-state index contributed by atoms with van der Waals surface area (Å²) in [6.45, 7) is 3.67. The summed E-state index contributed by atoms with van der Waals surface area (Å²) >= 11 is 3.49. The largest absolute Gasteiger partial charge is 0.447 e. The van der Waals surface area contributed by atoms with E-state index in [1.54, 1.807) is 11.8 Å². The van der Waals surface area contributed by atoms with Gasteiger partial charge >= 0.3 is 6.09 Å². The van der Waals surface area contributed by atoms with E-state index in [0.717, 1.165) is 10.6 Å². The van der Waals surface area contributed by atoms with Gasteiger partial charge in [0.25, 0.3) is 0 Å². The molecule has 0 aliphatic heterocycles. The number of thioether (sulfide) groups is 1. The number of ether oxygens (including phenoxy) is 1. The molecule has 1 saturated carbocycles. The van der Waals surface area contributed by atoms with Crippen molar-refractivity contribution in [1.29, 1.82) is 0 Å². The molecule has 1 aliphatic rings. The molecule has 6 heteroatoms. The molecule has 1 N–H and O–H groups in total. The second-order valence-electron chi connectivity index (χ2n) is 6.89. The van der Waals surface area contributed by atoms with Gasteiger partial charge in [-0.3, -0.25) is 5.32 Å². The van der Waals surface area contributed by atoms with Gasteiger partial charge in [0.15, 0.2) is 0 Å². The second-order valence-corrected chi connectivity index (χ2v) is 8.80. The molecular weight excluding hydrogens is 364 g/mol. The smallest absolute Gasteiger partial charge is 0.411 e. The van der Waals surface area contributed by atoms with Crippen LogP contribution in [0.4, 0.5) is 10.5 Å². The van der Waals surface area contributed by atoms with Crippen molar-refractivity contribution in [3.8, 4) is 10.4 Å². The fourth-order valence-electron chi connectivity index (χ4n) is 3.28. The van der Waals surface area contributed by atoms with E-state index < -0.39 is 6.09 Å². The number of nitrogens with one attached hydrogen (secondary N) is 1. The maximum atomic E-state index is 11.8. The first-order valence-electron chi connectivity index (χ1n) is 9.18. The Bertz CT molecular complexity index is 752. The molecule has 140 valence electrons. The number of nitrogens with zero attached hydrogens (tertiary/aromatic N) is 1. The fourth-order valence-corrected chi connectivity index (χ4v) is 5.12. The Morgan fingerprint density at radius 3 is 2.77 bits per heavy atom. The third-order valence-electron chi connectivity index (χ3n) is 4.53. The van der Waals surface area contributed by atoms with Gasteiger partial charge in [0, 0.05) is 28.3 Å². The molecule has 1 aromatic heterocycles. The molecule has 0 saturated heterocycles. The SMILES string of the molecule is CSc1cc(NC(=O)OC(C)C)ccc1-c1cnc(C2CCCCC2)s1. The molecule has 4 nitrogen and oxygen atoms in total. The Balaban J connectivity index is 1.77. The highest BCUT2D eigenvalue weighted by atomic mass is 32.2. The third-order valence-corrected chi connectivity index (χ3v) is 6.50. The van der Waals surface area contributed by atoms with Gasteiger partial charge in [-0.2, -0.15) is 0 Å². The highest BCUT2D eigenvalue weighted by Gasteiger charge is 2.20. The van der Waals surface area contributed by atoms with E-state index in [-0.39, 0.29) is 6.10 Å². The number of rotatable bonds is 5. The molecule has 2 aromatic rings. The van der Waals surface area contributed by atoms with Crippen molar-refractivity contribution in [3.63, 3.8) is 0 Å². The first kappa shape index (κ1) is 19.2. The molecule has 26 heavy (non-hydrogen) atoms. The van der Waals surface area contributed by atoms with E-state index in [1.165, 1.54) is 47.6 Å². The minimum Gasteiger partial charge on any atom is -0.447 e. The molecule has 0 atom stereocenters. The van der Waals surface area contributed by atoms with Gasteiger partial charge in [-0.15, -0.1) is 23.1 Å². The number of anilines is 1. The lowest BCUT2D eigenvalue weighted by Crippen LogP contribution is -2.17. The molecule has 0 unspecified atom stereocenters. The van der Waals surface area contributed by atoms with Crippen LogP contribution >= 0.6 is 23.1 Å². The molecule has 1 aliphatic carbocycles. The normalized spacial score (nSPS) is 15.2. The summed E-state index contributed by atoms with van der Waals surface area (Å²) in [5, 5.41) is 4.07. The summed E-state index contributed by atoms with van der Waals surface area (Å²) in [4.78, 5) is 18.9. The molecular formula is C20H26N2O2S2. The van der Waals surface area contributed by atoms with Crippen molar-refractivity contribution in [2.24, 2.45) is 0 Å². The lowest BCUT2D eigenvalue weighted by atomic mass is 9.90. The number of aromatic nitrogens is 1. The Labute approximate surface area is 163 Å². The van der Waals surface area contributed by atoms with E-state index in [1.807, 2.05) is 43.5 Å². The minimum atomic E-state index is -0.419. The number of carbonyl (C=O) groups is 1. The van der Waals surface area contributed by atoms with Gasteiger partial charge in [-0.05, 0) is 45.1 Å². The second kappa shape index (κ2) is 8.91. The van der Waals surface area contributed by atoms with Crippen LogP contribution in [0.25, 0.3) is 10.4 Å². The number of carbonyl (C=O) groups excluding carboxylic acids is 1. The predicted molar refractivity (Wildman–Crippen MR) is 110 cm³/mol. The van der Waals surface area contributed by atoms with Crippen molar-refractivity contribution in [3.05, 3.63) is 29.4 Å². The van der Waals surface area contributed by atoms with E-state index in [4.69, 9.17) is 9.72 Å². The van der Waals surface area contributed by atoms with Crippen LogP contribution in [0.15, 0.2) is 29.3 Å². The Morgan fingerprint density at radius 2 is 2.08 bits per heavy atom. The Kier molecular flexibility index (Phi) is 6.59. The maximum absolute atomic E-state index is 11.8. The van der Waals surface area contributed by atoms with Crippen molar-refractivity contribution >= 4 is 34.9 Å². The zero-order valence-corrected chi connectivity index (χ0v) is 17.2. The number of amides is 1. The van der Waals surface area contributed by atoms with Crippen LogP contribution in [-0.4, -0.2) is 23.4 Å². The van der Waals surface area contributed by atoms with Gasteiger partial charge in [0.1, 0.15) is 0 Å². The van der Waals surface area contributed by atoms with Gasteiger partial charge in [-0.25, -0.2) is 9.78 Å². The van der Waals surface area contributed by atoms with E-state index in [0.29, 0.717) is 5.92 Å². The third kappa shape index (κ3) is 4.80. The van der Waals surface area contributed by atoms with Gasteiger partial charge in [0.2, 0.25) is 0 Å². The molecule has 1 aromatic carbocycles. The molecule has 0 radical (unpaired) electrons. The van der Waals surface area contributed by atoms with Crippen LogP contribution in [0, 0.1) is 0 Å². The zero-order valence-electron chi connectivity index (χ0n) is 15.6. The quantitative estimate of drug-likeness (QED) is 0.589. The predicted octanol–water partition coefficient (Wildman–Crippen LogP) is 6.54. The van der Waals surface area contributed by atoms with E-state index in [9.17, 15) is 4.79 Å². The number of hydrogen-bond donors (Lipinski definition) is 1. The molecule has 3 rings (SSSR count). The van der Waals surface area contributed by atoms with Crippen LogP contribution in [0.2, 0.25) is 0 Å². The minimum absolute atomic E-state index is 0.135. The number of thiazole rings is 1. The van der Waals surface area contributed by atoms with Crippen LogP contribution in [-0.2, 0) is 4.74 Å². The van der Waals surface area contributed by atoms with Gasteiger partial charge < -0.3 is 4.74 Å². The number of benzene rings is 1. The monoisotopic (exact) mass is 390 g/mol. The maximum Gasteiger partial charge on any atom is 0.411 e. The summed E-state index contributed by atoms with van der Waals surface area (Å²) in [5.74, 6) is 0.631. The number of hydrogen-bond acceptors (Lipinski definition) is 5. The molecule has 1 heterocycles. The highest BCUT2D eigenvalue weighted by molar-refractivity contribution is 7.98. The average Bonchev–Trinajstić information content (AvgIpc) is 3.11. The average molecular weight is 391 g/mol. The van der Waals surface area contributed by atoms with E-state index in [2.05, 4.69) is 17.6 Å². The first-order valence-corrected chi connectivity index (χ1v) is 11.2. The van der Waals surface area contributed by atoms with Crippen molar-refractivity contribution < 1.29 is 9.53 Å². The summed E-state index contributed by atoms with van der Waals surface area (Å²) in [7, 11) is 0. The summed E-state index contributed by atoms with van der Waals surface area (Å²) in [6, 6.07) is 5.99. The first-order chi connectivity index (χ1) is 12.6. The summed E-state index contributed by atoms with van der Waals surface area (Å²) in [5.41, 5.74) is 1.93. The molecule has 0 bridgehead atoms. The van der Waals surface area contributed by atoms with E-state index >= 15 is 0 Å². The van der Waals surface area contributed by atoms with Crippen molar-refractivity contribution in [2.75, 3.05) is 11.6 Å². The fraction of sp³-hybridized carbons (Fsp3) is 0.500. The van der Waals surface area contributed by atoms with Crippen LogP contribution in [0.1, 0.15) is 56.9 Å². The van der Waals surface area contributed by atoms with Gasteiger partial charge in [0.05, 0.1) is 16.0 Å². The molecule has 1 amide bonds. The highest BCUT2D eigenvalue weighted by Crippen LogP contribution is 2.40. The topological polar surface area (TPSA) is 51.2 Å². The van der Waals surface area contributed by atoms with Crippen LogP contribution < -0.4 is 5.32 Å². The van der Waals surface area contributed by atoms with Crippen molar-refractivity contribution in [2.45, 2.75) is 62.9 Å². The van der Waals surface area contributed by atoms with Gasteiger partial charge in [-0.1, -0.05) is 25.3 Å².